The number of aryl methyl sites for hydroxylation is 2. The molecule has 122 valence electrons. The van der Waals surface area contributed by atoms with E-state index in [2.05, 4.69) is 11.2 Å². The zero-order chi connectivity index (χ0) is 16.7. The minimum atomic E-state index is 0.347. The topological polar surface area (TPSA) is 60.3 Å². The van der Waals surface area contributed by atoms with E-state index in [1.165, 1.54) is 11.8 Å². The summed E-state index contributed by atoms with van der Waals surface area (Å²) < 4.78 is 16.8. The summed E-state index contributed by atoms with van der Waals surface area (Å²) in [6.45, 7) is 4.81. The lowest BCUT2D eigenvalue weighted by molar-refractivity contribution is 0.210. The van der Waals surface area contributed by atoms with Crippen LogP contribution in [-0.4, -0.2) is 31.7 Å². The van der Waals surface area contributed by atoms with Crippen LogP contribution in [0.5, 0.6) is 17.2 Å². The Balaban J connectivity index is 1.98. The maximum absolute atomic E-state index is 8.73. The molecular formula is C18H21NO4. The predicted octanol–water partition coefficient (Wildman–Crippen LogP) is 3.58. The molecule has 0 fully saturated rings. The first kappa shape index (κ1) is 16.7. The third-order valence-corrected chi connectivity index (χ3v) is 3.34. The van der Waals surface area contributed by atoms with Gasteiger partial charge in [0.1, 0.15) is 19.0 Å². The van der Waals surface area contributed by atoms with Crippen molar-refractivity contribution in [3.63, 3.8) is 0 Å². The summed E-state index contributed by atoms with van der Waals surface area (Å²) >= 11 is 0. The van der Waals surface area contributed by atoms with Gasteiger partial charge in [0.05, 0.1) is 13.3 Å². The van der Waals surface area contributed by atoms with Crippen LogP contribution in [-0.2, 0) is 0 Å². The second-order valence-electron chi connectivity index (χ2n) is 5.09. The molecule has 5 heteroatoms. The van der Waals surface area contributed by atoms with Crippen molar-refractivity contribution >= 4 is 6.21 Å². The Hall–Kier alpha value is -2.69. The van der Waals surface area contributed by atoms with Crippen molar-refractivity contribution in [2.75, 3.05) is 20.3 Å². The Kier molecular flexibility index (Phi) is 5.86. The van der Waals surface area contributed by atoms with Crippen molar-refractivity contribution < 1.29 is 19.4 Å². The molecule has 2 rings (SSSR count). The number of para-hydroxylation sites is 1. The van der Waals surface area contributed by atoms with Crippen molar-refractivity contribution in [2.45, 2.75) is 13.8 Å². The van der Waals surface area contributed by atoms with Crippen LogP contribution in [0.15, 0.2) is 41.6 Å². The zero-order valence-electron chi connectivity index (χ0n) is 13.6. The Morgan fingerprint density at radius 1 is 1.04 bits per heavy atom. The van der Waals surface area contributed by atoms with Crippen molar-refractivity contribution in [3.05, 3.63) is 53.1 Å². The van der Waals surface area contributed by atoms with Crippen molar-refractivity contribution in [1.29, 1.82) is 0 Å². The SMILES string of the molecule is COc1cccc(C=NO)c1OCCOc1ccc(C)cc1C. The smallest absolute Gasteiger partial charge is 0.170 e. The summed E-state index contributed by atoms with van der Waals surface area (Å²) in [7, 11) is 1.56. The van der Waals surface area contributed by atoms with Gasteiger partial charge in [-0.1, -0.05) is 28.9 Å². The van der Waals surface area contributed by atoms with Gasteiger partial charge in [0.15, 0.2) is 11.5 Å². The minimum Gasteiger partial charge on any atom is -0.493 e. The normalized spacial score (nSPS) is 10.7. The van der Waals surface area contributed by atoms with Crippen LogP contribution in [0.3, 0.4) is 0 Å². The molecule has 0 saturated carbocycles. The van der Waals surface area contributed by atoms with Gasteiger partial charge in [-0.25, -0.2) is 0 Å². The van der Waals surface area contributed by atoms with E-state index in [4.69, 9.17) is 19.4 Å². The second kappa shape index (κ2) is 8.08. The number of methoxy groups -OCH3 is 1. The number of oxime groups is 1. The van der Waals surface area contributed by atoms with Crippen LogP contribution in [0, 0.1) is 13.8 Å². The molecule has 5 nitrogen and oxygen atoms in total. The molecule has 0 aromatic heterocycles. The minimum absolute atomic E-state index is 0.347. The van der Waals surface area contributed by atoms with Gasteiger partial charge in [0.25, 0.3) is 0 Å². The number of hydrogen-bond donors (Lipinski definition) is 1. The molecular weight excluding hydrogens is 294 g/mol. The first-order valence-corrected chi connectivity index (χ1v) is 7.33. The molecule has 0 unspecified atom stereocenters. The van der Waals surface area contributed by atoms with E-state index in [9.17, 15) is 0 Å². The Morgan fingerprint density at radius 3 is 2.52 bits per heavy atom. The van der Waals surface area contributed by atoms with E-state index < -0.39 is 0 Å². The molecule has 0 amide bonds. The number of benzene rings is 2. The van der Waals surface area contributed by atoms with E-state index in [0.29, 0.717) is 30.3 Å². The molecule has 0 aliphatic rings. The monoisotopic (exact) mass is 315 g/mol. The van der Waals surface area contributed by atoms with E-state index >= 15 is 0 Å². The third kappa shape index (κ3) is 4.39. The zero-order valence-corrected chi connectivity index (χ0v) is 13.6. The highest BCUT2D eigenvalue weighted by atomic mass is 16.5. The number of rotatable bonds is 7. The molecule has 0 saturated heterocycles. The van der Waals surface area contributed by atoms with Gasteiger partial charge in [0, 0.05) is 5.56 Å². The molecule has 23 heavy (non-hydrogen) atoms. The van der Waals surface area contributed by atoms with E-state index in [1.54, 1.807) is 25.3 Å². The van der Waals surface area contributed by atoms with Gasteiger partial charge in [-0.2, -0.15) is 0 Å². The second-order valence-corrected chi connectivity index (χ2v) is 5.09. The van der Waals surface area contributed by atoms with Crippen molar-refractivity contribution in [3.8, 4) is 17.2 Å². The van der Waals surface area contributed by atoms with Crippen LogP contribution < -0.4 is 14.2 Å². The van der Waals surface area contributed by atoms with Gasteiger partial charge >= 0.3 is 0 Å². The van der Waals surface area contributed by atoms with E-state index in [-0.39, 0.29) is 0 Å². The van der Waals surface area contributed by atoms with E-state index in [0.717, 1.165) is 11.3 Å². The lowest BCUT2D eigenvalue weighted by atomic mass is 10.1. The third-order valence-electron chi connectivity index (χ3n) is 3.34. The molecule has 0 bridgehead atoms. The number of hydrogen-bond acceptors (Lipinski definition) is 5. The molecule has 2 aromatic rings. The fraction of sp³-hybridized carbons (Fsp3) is 0.278. The lowest BCUT2D eigenvalue weighted by Crippen LogP contribution is -2.11. The first-order chi connectivity index (χ1) is 11.2. The van der Waals surface area contributed by atoms with Gasteiger partial charge in [0.2, 0.25) is 0 Å². The summed E-state index contributed by atoms with van der Waals surface area (Å²) in [5.74, 6) is 1.95. The van der Waals surface area contributed by atoms with E-state index in [1.807, 2.05) is 26.0 Å². The number of ether oxygens (including phenoxy) is 3. The van der Waals surface area contributed by atoms with Crippen molar-refractivity contribution in [2.24, 2.45) is 5.16 Å². The molecule has 0 radical (unpaired) electrons. The van der Waals surface area contributed by atoms with Crippen molar-refractivity contribution in [1.82, 2.24) is 0 Å². The Bertz CT molecular complexity index is 683. The average molecular weight is 315 g/mol. The van der Waals surface area contributed by atoms with Crippen LogP contribution in [0.1, 0.15) is 16.7 Å². The quantitative estimate of drug-likeness (QED) is 0.367. The Morgan fingerprint density at radius 2 is 1.83 bits per heavy atom. The number of nitrogens with zero attached hydrogens (tertiary/aromatic N) is 1. The van der Waals surface area contributed by atoms with Crippen LogP contribution in [0.2, 0.25) is 0 Å². The molecule has 0 aliphatic heterocycles. The highest BCUT2D eigenvalue weighted by Crippen LogP contribution is 2.30. The van der Waals surface area contributed by atoms with Crippen LogP contribution >= 0.6 is 0 Å². The summed E-state index contributed by atoms with van der Waals surface area (Å²) in [6, 6.07) is 11.4. The lowest BCUT2D eigenvalue weighted by Gasteiger charge is -2.14. The highest BCUT2D eigenvalue weighted by molar-refractivity contribution is 5.84. The largest absolute Gasteiger partial charge is 0.493 e. The van der Waals surface area contributed by atoms with Gasteiger partial charge in [-0.3, -0.25) is 0 Å². The summed E-state index contributed by atoms with van der Waals surface area (Å²) in [4.78, 5) is 0. The first-order valence-electron chi connectivity index (χ1n) is 7.33. The van der Waals surface area contributed by atoms with Gasteiger partial charge in [-0.15, -0.1) is 0 Å². The highest BCUT2D eigenvalue weighted by Gasteiger charge is 2.09. The molecule has 1 N–H and O–H groups in total. The summed E-state index contributed by atoms with van der Waals surface area (Å²) in [6.07, 6.45) is 1.31. The molecule has 0 aliphatic carbocycles. The standard InChI is InChI=1S/C18H21NO4/c1-13-7-8-16(14(2)11-13)22-9-10-23-18-15(12-19-20)5-4-6-17(18)21-3/h4-8,11-12,20H,9-10H2,1-3H3. The summed E-state index contributed by atoms with van der Waals surface area (Å²) in [5, 5.41) is 11.8. The maximum Gasteiger partial charge on any atom is 0.170 e. The predicted molar refractivity (Wildman–Crippen MR) is 89.3 cm³/mol. The van der Waals surface area contributed by atoms with Crippen LogP contribution in [0.25, 0.3) is 0 Å². The maximum atomic E-state index is 8.73. The van der Waals surface area contributed by atoms with Gasteiger partial charge in [-0.05, 0) is 37.6 Å². The summed E-state index contributed by atoms with van der Waals surface area (Å²) in [5.41, 5.74) is 2.93. The van der Waals surface area contributed by atoms with Gasteiger partial charge < -0.3 is 19.4 Å². The molecule has 0 atom stereocenters. The molecule has 0 spiro atoms. The fourth-order valence-corrected chi connectivity index (χ4v) is 2.27. The Labute approximate surface area is 136 Å². The molecule has 0 heterocycles. The fourth-order valence-electron chi connectivity index (χ4n) is 2.27. The average Bonchev–Trinajstić information content (AvgIpc) is 2.54. The molecule has 2 aromatic carbocycles. The van der Waals surface area contributed by atoms with Crippen LogP contribution in [0.4, 0.5) is 0 Å².